The van der Waals surface area contributed by atoms with Gasteiger partial charge in [0, 0.05) is 23.8 Å². The van der Waals surface area contributed by atoms with E-state index in [0.29, 0.717) is 5.56 Å². The van der Waals surface area contributed by atoms with Gasteiger partial charge in [-0.15, -0.1) is 0 Å². The third-order valence-electron chi connectivity index (χ3n) is 5.77. The van der Waals surface area contributed by atoms with Gasteiger partial charge < -0.3 is 48.9 Å². The first-order valence-electron chi connectivity index (χ1n) is 11.3. The summed E-state index contributed by atoms with van der Waals surface area (Å²) in [5, 5.41) is 49.2. The summed E-state index contributed by atoms with van der Waals surface area (Å²) in [6, 6.07) is 9.94. The lowest BCUT2D eigenvalue weighted by Gasteiger charge is -2.40. The van der Waals surface area contributed by atoms with E-state index in [1.807, 2.05) is 0 Å². The molecule has 5 atom stereocenters. The molecular weight excluding hydrogens is 508 g/mol. The predicted octanol–water partition coefficient (Wildman–Crippen LogP) is 0.379. The lowest BCUT2D eigenvalue weighted by molar-refractivity contribution is -0.278. The van der Waals surface area contributed by atoms with Gasteiger partial charge in [-0.25, -0.2) is 0 Å². The van der Waals surface area contributed by atoms with E-state index in [9.17, 15) is 34.8 Å². The van der Waals surface area contributed by atoms with Crippen LogP contribution in [0.4, 0.5) is 0 Å². The van der Waals surface area contributed by atoms with Gasteiger partial charge in [0.2, 0.25) is 6.29 Å². The molecule has 2 heterocycles. The van der Waals surface area contributed by atoms with E-state index in [4.69, 9.17) is 28.5 Å². The number of rotatable bonds is 8. The number of esters is 1. The molecule has 0 unspecified atom stereocenters. The SMILES string of the molecule is COc1cc(O[C@@H]2O[C@H](COC(=O)CC(=O)O)[C@@H](O)[C@H](O)[C@H]2O)c2c(=O)cc(-c3ccc(O)cc3)oc2c1. The normalized spacial score (nSPS) is 23.1. The minimum atomic E-state index is -1.80. The molecule has 0 saturated carbocycles. The predicted molar refractivity (Wildman–Crippen MR) is 127 cm³/mol. The van der Waals surface area contributed by atoms with Crippen LogP contribution >= 0.6 is 0 Å². The molecule has 0 bridgehead atoms. The summed E-state index contributed by atoms with van der Waals surface area (Å²) in [7, 11) is 1.36. The number of phenolic OH excluding ortho intramolecular Hbond substituents is 1. The first-order chi connectivity index (χ1) is 18.1. The van der Waals surface area contributed by atoms with Crippen molar-refractivity contribution in [1.82, 2.24) is 0 Å². The Morgan fingerprint density at radius 2 is 1.71 bits per heavy atom. The highest BCUT2D eigenvalue weighted by Gasteiger charge is 2.45. The molecule has 0 aliphatic carbocycles. The first-order valence-corrected chi connectivity index (χ1v) is 11.3. The Labute approximate surface area is 214 Å². The molecular formula is C25H24O13. The minimum absolute atomic E-state index is 0.0301. The zero-order valence-electron chi connectivity index (χ0n) is 19.8. The Bertz CT molecular complexity index is 1380. The Balaban J connectivity index is 1.65. The van der Waals surface area contributed by atoms with E-state index in [-0.39, 0.29) is 34.0 Å². The fraction of sp³-hybridized carbons (Fsp3) is 0.320. The lowest BCUT2D eigenvalue weighted by atomic mass is 9.99. The van der Waals surface area contributed by atoms with Gasteiger partial charge in [-0.05, 0) is 24.3 Å². The van der Waals surface area contributed by atoms with Crippen LogP contribution in [0.5, 0.6) is 17.2 Å². The highest BCUT2D eigenvalue weighted by molar-refractivity contribution is 5.90. The van der Waals surface area contributed by atoms with E-state index in [1.54, 1.807) is 12.1 Å². The van der Waals surface area contributed by atoms with Crippen LogP contribution in [0.3, 0.4) is 0 Å². The van der Waals surface area contributed by atoms with Crippen LogP contribution in [0, 0.1) is 0 Å². The highest BCUT2D eigenvalue weighted by Crippen LogP contribution is 2.34. The third-order valence-corrected chi connectivity index (χ3v) is 5.77. The van der Waals surface area contributed by atoms with E-state index in [0.717, 1.165) is 0 Å². The van der Waals surface area contributed by atoms with E-state index in [2.05, 4.69) is 0 Å². The Morgan fingerprint density at radius 1 is 1.00 bits per heavy atom. The van der Waals surface area contributed by atoms with Crippen molar-refractivity contribution in [2.75, 3.05) is 13.7 Å². The topological polar surface area (TPSA) is 202 Å². The van der Waals surface area contributed by atoms with Crippen molar-refractivity contribution in [3.63, 3.8) is 0 Å². The zero-order valence-corrected chi connectivity index (χ0v) is 19.8. The second kappa shape index (κ2) is 11.1. The second-order valence-electron chi connectivity index (χ2n) is 8.41. The zero-order chi connectivity index (χ0) is 27.6. The van der Waals surface area contributed by atoms with Crippen molar-refractivity contribution in [1.29, 1.82) is 0 Å². The molecule has 38 heavy (non-hydrogen) atoms. The van der Waals surface area contributed by atoms with Crippen molar-refractivity contribution < 1.29 is 58.5 Å². The van der Waals surface area contributed by atoms with Crippen LogP contribution in [0.1, 0.15) is 6.42 Å². The van der Waals surface area contributed by atoms with Crippen molar-refractivity contribution >= 4 is 22.9 Å². The molecule has 0 radical (unpaired) electrons. The van der Waals surface area contributed by atoms with Gasteiger partial charge in [-0.2, -0.15) is 0 Å². The number of ether oxygens (including phenoxy) is 4. The highest BCUT2D eigenvalue weighted by atomic mass is 16.7. The summed E-state index contributed by atoms with van der Waals surface area (Å²) in [5.41, 5.74) is 0.0347. The number of aliphatic hydroxyl groups is 3. The largest absolute Gasteiger partial charge is 0.508 e. The summed E-state index contributed by atoms with van der Waals surface area (Å²) in [4.78, 5) is 35.3. The number of fused-ring (bicyclic) bond motifs is 1. The standard InChI is InChI=1S/C25H24O13/c1-34-13-6-16-21(14(27)8-15(36-16)11-2-4-12(26)5-3-11)17(7-13)37-25-24(33)23(32)22(31)18(38-25)10-35-20(30)9-19(28)29/h2-8,18,22-26,31-33H,9-10H2,1H3,(H,28,29)/t18-,22-,23+,24-,25-/m1/s1. The van der Waals surface area contributed by atoms with Crippen LogP contribution in [-0.4, -0.2) is 81.9 Å². The number of carboxylic acid groups (broad SMARTS) is 1. The molecule has 1 aromatic heterocycles. The number of aromatic hydroxyl groups is 1. The van der Waals surface area contributed by atoms with Crippen LogP contribution in [-0.2, 0) is 19.1 Å². The van der Waals surface area contributed by atoms with E-state index < -0.39 is 61.1 Å². The first kappa shape index (κ1) is 26.9. The summed E-state index contributed by atoms with van der Waals surface area (Å²) >= 11 is 0. The second-order valence-corrected chi connectivity index (χ2v) is 8.41. The number of carbonyl (C=O) groups excluding carboxylic acids is 1. The van der Waals surface area contributed by atoms with E-state index >= 15 is 0 Å². The smallest absolute Gasteiger partial charge is 0.317 e. The summed E-state index contributed by atoms with van der Waals surface area (Å²) < 4.78 is 27.2. The van der Waals surface area contributed by atoms with Gasteiger partial charge in [0.05, 0.1) is 7.11 Å². The van der Waals surface area contributed by atoms with Crippen molar-refractivity contribution in [3.05, 3.63) is 52.7 Å². The number of carboxylic acids is 1. The van der Waals surface area contributed by atoms with Crippen LogP contribution in [0.25, 0.3) is 22.3 Å². The Hall–Kier alpha value is -4.17. The monoisotopic (exact) mass is 532 g/mol. The average Bonchev–Trinajstić information content (AvgIpc) is 2.87. The van der Waals surface area contributed by atoms with Crippen molar-refractivity contribution in [2.24, 2.45) is 0 Å². The lowest BCUT2D eigenvalue weighted by Crippen LogP contribution is -2.60. The van der Waals surface area contributed by atoms with Gasteiger partial charge in [-0.3, -0.25) is 14.4 Å². The van der Waals surface area contributed by atoms with Crippen molar-refractivity contribution in [3.8, 4) is 28.6 Å². The number of benzene rings is 2. The number of aliphatic carboxylic acids is 1. The fourth-order valence-electron chi connectivity index (χ4n) is 3.83. The summed E-state index contributed by atoms with van der Waals surface area (Å²) in [6.07, 6.45) is -9.27. The Morgan fingerprint density at radius 3 is 2.37 bits per heavy atom. The quantitative estimate of drug-likeness (QED) is 0.197. The molecule has 1 aliphatic heterocycles. The fourth-order valence-corrected chi connectivity index (χ4v) is 3.83. The van der Waals surface area contributed by atoms with Gasteiger partial charge in [-0.1, -0.05) is 0 Å². The minimum Gasteiger partial charge on any atom is -0.508 e. The van der Waals surface area contributed by atoms with Gasteiger partial charge >= 0.3 is 11.9 Å². The Kier molecular flexibility index (Phi) is 7.83. The van der Waals surface area contributed by atoms with Gasteiger partial charge in [0.15, 0.2) is 5.43 Å². The maximum absolute atomic E-state index is 13.1. The molecule has 0 spiro atoms. The molecule has 4 rings (SSSR count). The average molecular weight is 532 g/mol. The molecule has 3 aromatic rings. The van der Waals surface area contributed by atoms with E-state index in [1.165, 1.54) is 37.4 Å². The van der Waals surface area contributed by atoms with Crippen LogP contribution in [0.15, 0.2) is 51.7 Å². The molecule has 13 nitrogen and oxygen atoms in total. The molecule has 202 valence electrons. The number of hydrogen-bond donors (Lipinski definition) is 5. The molecule has 5 N–H and O–H groups in total. The number of phenols is 1. The molecule has 1 fully saturated rings. The maximum Gasteiger partial charge on any atom is 0.317 e. The molecule has 0 amide bonds. The number of methoxy groups -OCH3 is 1. The van der Waals surface area contributed by atoms with Gasteiger partial charge in [0.25, 0.3) is 0 Å². The van der Waals surface area contributed by atoms with Gasteiger partial charge in [0.1, 0.15) is 71.4 Å². The number of carbonyl (C=O) groups is 2. The molecule has 1 aliphatic rings. The number of hydrogen-bond acceptors (Lipinski definition) is 12. The summed E-state index contributed by atoms with van der Waals surface area (Å²) in [5.74, 6) is -2.23. The molecule has 1 saturated heterocycles. The molecule has 13 heteroatoms. The maximum atomic E-state index is 13.1. The third kappa shape index (κ3) is 5.70. The summed E-state index contributed by atoms with van der Waals surface area (Å²) in [6.45, 7) is -0.645. The number of aliphatic hydroxyl groups excluding tert-OH is 3. The van der Waals surface area contributed by atoms with Crippen molar-refractivity contribution in [2.45, 2.75) is 37.1 Å². The van der Waals surface area contributed by atoms with Crippen LogP contribution in [0.2, 0.25) is 0 Å². The molecule has 2 aromatic carbocycles. The van der Waals surface area contributed by atoms with Crippen LogP contribution < -0.4 is 14.9 Å².